The SMILES string of the molecule is COCC(=O)NCCCc1nc2ccccc2n1CCCCOc1ccc(OC)cc1. The van der Waals surface area contributed by atoms with E-state index < -0.39 is 0 Å². The van der Waals surface area contributed by atoms with Crippen molar-refractivity contribution in [1.82, 2.24) is 14.9 Å². The second kappa shape index (κ2) is 12.0. The van der Waals surface area contributed by atoms with E-state index in [0.29, 0.717) is 13.2 Å². The Hall–Kier alpha value is -3.06. The first-order chi connectivity index (χ1) is 15.2. The summed E-state index contributed by atoms with van der Waals surface area (Å²) in [4.78, 5) is 16.3. The molecule has 7 heteroatoms. The van der Waals surface area contributed by atoms with Crippen molar-refractivity contribution in [2.45, 2.75) is 32.2 Å². The third kappa shape index (κ3) is 6.72. The van der Waals surface area contributed by atoms with Gasteiger partial charge in [-0.15, -0.1) is 0 Å². The molecule has 1 amide bonds. The average molecular weight is 426 g/mol. The van der Waals surface area contributed by atoms with Gasteiger partial charge >= 0.3 is 0 Å². The Morgan fingerprint density at radius 2 is 1.77 bits per heavy atom. The summed E-state index contributed by atoms with van der Waals surface area (Å²) in [6.45, 7) is 2.26. The van der Waals surface area contributed by atoms with Crippen molar-refractivity contribution in [2.75, 3.05) is 34.0 Å². The molecule has 0 aliphatic rings. The number of hydrogen-bond donors (Lipinski definition) is 1. The lowest BCUT2D eigenvalue weighted by atomic mass is 10.2. The Balaban J connectivity index is 1.50. The van der Waals surface area contributed by atoms with Crippen LogP contribution in [0.2, 0.25) is 0 Å². The van der Waals surface area contributed by atoms with Gasteiger partial charge in [-0.1, -0.05) is 12.1 Å². The van der Waals surface area contributed by atoms with Crippen LogP contribution in [0, 0.1) is 0 Å². The predicted molar refractivity (Wildman–Crippen MR) is 121 cm³/mol. The second-order valence-corrected chi connectivity index (χ2v) is 7.29. The molecule has 1 N–H and O–H groups in total. The maximum Gasteiger partial charge on any atom is 0.245 e. The van der Waals surface area contributed by atoms with E-state index in [4.69, 9.17) is 19.2 Å². The lowest BCUT2D eigenvalue weighted by molar-refractivity contribution is -0.124. The van der Waals surface area contributed by atoms with Gasteiger partial charge in [-0.05, 0) is 55.7 Å². The largest absolute Gasteiger partial charge is 0.497 e. The van der Waals surface area contributed by atoms with Crippen LogP contribution in [-0.2, 0) is 22.5 Å². The smallest absolute Gasteiger partial charge is 0.245 e. The number of para-hydroxylation sites is 2. The van der Waals surface area contributed by atoms with Gasteiger partial charge in [0.1, 0.15) is 23.9 Å². The third-order valence-corrected chi connectivity index (χ3v) is 5.01. The standard InChI is InChI=1S/C24H31N3O4/c1-29-18-24(28)25-15-7-10-23-26-21-8-3-4-9-22(21)27(23)16-5-6-17-31-20-13-11-19(30-2)12-14-20/h3-4,8-9,11-14H,5-7,10,15-18H2,1-2H3,(H,25,28). The zero-order valence-electron chi connectivity index (χ0n) is 18.3. The molecule has 3 aromatic rings. The Labute approximate surface area is 183 Å². The first-order valence-corrected chi connectivity index (χ1v) is 10.7. The van der Waals surface area contributed by atoms with E-state index >= 15 is 0 Å². The van der Waals surface area contributed by atoms with Crippen molar-refractivity contribution < 1.29 is 19.0 Å². The first kappa shape index (κ1) is 22.6. The molecular weight excluding hydrogens is 394 g/mol. The van der Waals surface area contributed by atoms with Crippen LogP contribution in [-0.4, -0.2) is 49.4 Å². The minimum absolute atomic E-state index is 0.0899. The molecule has 31 heavy (non-hydrogen) atoms. The van der Waals surface area contributed by atoms with Gasteiger partial charge in [-0.2, -0.15) is 0 Å². The zero-order chi connectivity index (χ0) is 21.9. The summed E-state index contributed by atoms with van der Waals surface area (Å²) in [5.74, 6) is 2.64. The van der Waals surface area contributed by atoms with Crippen molar-refractivity contribution in [3.8, 4) is 11.5 Å². The van der Waals surface area contributed by atoms with Gasteiger partial charge < -0.3 is 24.1 Å². The van der Waals surface area contributed by atoms with Crippen LogP contribution in [0.5, 0.6) is 11.5 Å². The summed E-state index contributed by atoms with van der Waals surface area (Å²) in [6.07, 6.45) is 3.59. The molecule has 0 spiro atoms. The molecule has 7 nitrogen and oxygen atoms in total. The number of nitrogens with one attached hydrogen (secondary N) is 1. The van der Waals surface area contributed by atoms with E-state index in [1.807, 2.05) is 42.5 Å². The van der Waals surface area contributed by atoms with Crippen molar-refractivity contribution in [3.63, 3.8) is 0 Å². The molecule has 3 rings (SSSR count). The number of ether oxygens (including phenoxy) is 3. The molecule has 0 saturated carbocycles. The van der Waals surface area contributed by atoms with E-state index in [-0.39, 0.29) is 12.5 Å². The number of carbonyl (C=O) groups is 1. The van der Waals surface area contributed by atoms with Gasteiger partial charge in [0, 0.05) is 26.6 Å². The number of nitrogens with zero attached hydrogens (tertiary/aromatic N) is 2. The Morgan fingerprint density at radius 3 is 2.55 bits per heavy atom. The molecule has 1 heterocycles. The monoisotopic (exact) mass is 425 g/mol. The van der Waals surface area contributed by atoms with Crippen LogP contribution in [0.15, 0.2) is 48.5 Å². The van der Waals surface area contributed by atoms with Crippen LogP contribution in [0.4, 0.5) is 0 Å². The number of carbonyl (C=O) groups excluding carboxylic acids is 1. The highest BCUT2D eigenvalue weighted by Crippen LogP contribution is 2.19. The molecule has 1 aromatic heterocycles. The first-order valence-electron chi connectivity index (χ1n) is 10.7. The van der Waals surface area contributed by atoms with E-state index in [1.165, 1.54) is 7.11 Å². The zero-order valence-corrected chi connectivity index (χ0v) is 18.3. The maximum absolute atomic E-state index is 11.5. The number of benzene rings is 2. The quantitative estimate of drug-likeness (QED) is 0.424. The molecular formula is C24H31N3O4. The number of rotatable bonds is 13. The number of unbranched alkanes of at least 4 members (excludes halogenated alkanes) is 1. The fourth-order valence-electron chi connectivity index (χ4n) is 3.46. The number of aryl methyl sites for hydroxylation is 2. The van der Waals surface area contributed by atoms with Gasteiger partial charge in [0.2, 0.25) is 5.91 Å². The minimum atomic E-state index is -0.0899. The summed E-state index contributed by atoms with van der Waals surface area (Å²) in [5, 5.41) is 2.86. The molecule has 0 aliphatic carbocycles. The highest BCUT2D eigenvalue weighted by molar-refractivity contribution is 5.77. The number of fused-ring (bicyclic) bond motifs is 1. The van der Waals surface area contributed by atoms with E-state index in [9.17, 15) is 4.79 Å². The molecule has 0 fully saturated rings. The minimum Gasteiger partial charge on any atom is -0.497 e. The molecule has 0 atom stereocenters. The topological polar surface area (TPSA) is 74.6 Å². The van der Waals surface area contributed by atoms with Crippen LogP contribution < -0.4 is 14.8 Å². The van der Waals surface area contributed by atoms with Gasteiger partial charge in [-0.3, -0.25) is 4.79 Å². The molecule has 0 aliphatic heterocycles. The van der Waals surface area contributed by atoms with E-state index in [2.05, 4.69) is 16.0 Å². The highest BCUT2D eigenvalue weighted by Gasteiger charge is 2.10. The Kier molecular flexibility index (Phi) is 8.72. The Bertz CT molecular complexity index is 953. The maximum atomic E-state index is 11.5. The van der Waals surface area contributed by atoms with Crippen molar-refractivity contribution in [1.29, 1.82) is 0 Å². The number of amides is 1. The number of aromatic nitrogens is 2. The lowest BCUT2D eigenvalue weighted by Gasteiger charge is -2.11. The lowest BCUT2D eigenvalue weighted by Crippen LogP contribution is -2.28. The summed E-state index contributed by atoms with van der Waals surface area (Å²) in [6, 6.07) is 15.9. The van der Waals surface area contributed by atoms with Gasteiger partial charge in [0.05, 0.1) is 24.8 Å². The van der Waals surface area contributed by atoms with Gasteiger partial charge in [-0.25, -0.2) is 4.98 Å². The van der Waals surface area contributed by atoms with Crippen molar-refractivity contribution in [3.05, 3.63) is 54.4 Å². The van der Waals surface area contributed by atoms with Crippen LogP contribution in [0.25, 0.3) is 11.0 Å². The van der Waals surface area contributed by atoms with E-state index in [1.54, 1.807) is 7.11 Å². The van der Waals surface area contributed by atoms with Gasteiger partial charge in [0.15, 0.2) is 0 Å². The van der Waals surface area contributed by atoms with Crippen molar-refractivity contribution in [2.24, 2.45) is 0 Å². The summed E-state index contributed by atoms with van der Waals surface area (Å²) >= 11 is 0. The third-order valence-electron chi connectivity index (χ3n) is 5.01. The van der Waals surface area contributed by atoms with Gasteiger partial charge in [0.25, 0.3) is 0 Å². The second-order valence-electron chi connectivity index (χ2n) is 7.29. The molecule has 0 saturated heterocycles. The molecule has 0 unspecified atom stereocenters. The van der Waals surface area contributed by atoms with Crippen molar-refractivity contribution >= 4 is 16.9 Å². The predicted octanol–water partition coefficient (Wildman–Crippen LogP) is 3.60. The summed E-state index contributed by atoms with van der Waals surface area (Å²) < 4.78 is 18.1. The number of methoxy groups -OCH3 is 2. The normalized spacial score (nSPS) is 10.9. The number of imidazole rings is 1. The summed E-state index contributed by atoms with van der Waals surface area (Å²) in [7, 11) is 3.17. The highest BCUT2D eigenvalue weighted by atomic mass is 16.5. The fourth-order valence-corrected chi connectivity index (χ4v) is 3.46. The molecule has 0 bridgehead atoms. The Morgan fingerprint density at radius 1 is 1.00 bits per heavy atom. The fraction of sp³-hybridized carbons (Fsp3) is 0.417. The van der Waals surface area contributed by atoms with Crippen LogP contribution >= 0.6 is 0 Å². The molecule has 166 valence electrons. The van der Waals surface area contributed by atoms with Crippen LogP contribution in [0.1, 0.15) is 25.1 Å². The molecule has 2 aromatic carbocycles. The average Bonchev–Trinajstić information content (AvgIpc) is 3.14. The van der Waals surface area contributed by atoms with E-state index in [0.717, 1.165) is 60.6 Å². The number of hydrogen-bond acceptors (Lipinski definition) is 5. The molecule has 0 radical (unpaired) electrons. The summed E-state index contributed by atoms with van der Waals surface area (Å²) in [5.41, 5.74) is 2.16. The van der Waals surface area contributed by atoms with Crippen LogP contribution in [0.3, 0.4) is 0 Å².